The summed E-state index contributed by atoms with van der Waals surface area (Å²) in [6, 6.07) is 0. The molecule has 1 saturated heterocycles. The standard InChI is InChI=1S/C31H56N2O6/c1-8-9-10-11-12-13-14-15-16-17-20-29(2,3)28(37)32-21-18-19-24(27(35)36)22-33-26(34)25-30(4,5)23-38-31(6,7)39-25/h11-12,24-25H,8-10,13-23H2,1-7H3,(H,32,37)(H,33,34)(H,35,36). The molecule has 0 radical (unpaired) electrons. The molecule has 1 aliphatic rings. The van der Waals surface area contributed by atoms with E-state index < -0.39 is 34.6 Å². The Kier molecular flexibility index (Phi) is 15.3. The Morgan fingerprint density at radius 3 is 2.26 bits per heavy atom. The third kappa shape index (κ3) is 13.8. The zero-order chi connectivity index (χ0) is 29.5. The van der Waals surface area contributed by atoms with Gasteiger partial charge in [-0.1, -0.05) is 78.9 Å². The number of allylic oxidation sites excluding steroid dienone is 2. The van der Waals surface area contributed by atoms with Gasteiger partial charge in [-0.3, -0.25) is 14.4 Å². The molecule has 1 rings (SSSR count). The van der Waals surface area contributed by atoms with Gasteiger partial charge in [0.15, 0.2) is 5.79 Å². The summed E-state index contributed by atoms with van der Waals surface area (Å²) < 4.78 is 11.5. The number of carboxylic acids is 1. The van der Waals surface area contributed by atoms with Crippen LogP contribution in [0, 0.1) is 16.7 Å². The zero-order valence-electron chi connectivity index (χ0n) is 25.7. The number of carbonyl (C=O) groups excluding carboxylic acids is 2. The van der Waals surface area contributed by atoms with Gasteiger partial charge >= 0.3 is 5.97 Å². The molecule has 0 aromatic rings. The molecule has 8 nitrogen and oxygen atoms in total. The van der Waals surface area contributed by atoms with E-state index in [1.165, 1.54) is 32.1 Å². The Morgan fingerprint density at radius 2 is 1.62 bits per heavy atom. The van der Waals surface area contributed by atoms with Crippen LogP contribution >= 0.6 is 0 Å². The van der Waals surface area contributed by atoms with Crippen LogP contribution in [-0.2, 0) is 23.9 Å². The smallest absolute Gasteiger partial charge is 0.308 e. The van der Waals surface area contributed by atoms with Crippen LogP contribution in [0.2, 0.25) is 0 Å². The largest absolute Gasteiger partial charge is 0.481 e. The minimum Gasteiger partial charge on any atom is -0.481 e. The lowest BCUT2D eigenvalue weighted by Crippen LogP contribution is -2.57. The normalized spacial score (nSPS) is 19.5. The molecule has 226 valence electrons. The van der Waals surface area contributed by atoms with Gasteiger partial charge in [0.25, 0.3) is 0 Å². The fourth-order valence-corrected chi connectivity index (χ4v) is 4.59. The van der Waals surface area contributed by atoms with E-state index in [-0.39, 0.29) is 18.4 Å². The van der Waals surface area contributed by atoms with Crippen molar-refractivity contribution in [2.45, 2.75) is 131 Å². The van der Waals surface area contributed by atoms with Crippen molar-refractivity contribution in [1.82, 2.24) is 10.6 Å². The van der Waals surface area contributed by atoms with E-state index in [0.717, 1.165) is 25.7 Å². The van der Waals surface area contributed by atoms with E-state index in [2.05, 4.69) is 29.7 Å². The third-order valence-electron chi connectivity index (χ3n) is 7.46. The Bertz CT molecular complexity index is 790. The topological polar surface area (TPSA) is 114 Å². The van der Waals surface area contributed by atoms with E-state index >= 15 is 0 Å². The lowest BCUT2D eigenvalue weighted by molar-refractivity contribution is -0.304. The predicted octanol–water partition coefficient (Wildman–Crippen LogP) is 5.99. The molecular formula is C31H56N2O6. The van der Waals surface area contributed by atoms with Gasteiger partial charge in [0.2, 0.25) is 11.8 Å². The molecule has 3 N–H and O–H groups in total. The molecule has 0 bridgehead atoms. The summed E-state index contributed by atoms with van der Waals surface area (Å²) in [6.07, 6.45) is 14.9. The Balaban J connectivity index is 2.32. The summed E-state index contributed by atoms with van der Waals surface area (Å²) in [5.41, 5.74) is -0.981. The second-order valence-corrected chi connectivity index (χ2v) is 12.8. The summed E-state index contributed by atoms with van der Waals surface area (Å²) >= 11 is 0. The lowest BCUT2D eigenvalue weighted by atomic mass is 9.85. The molecule has 0 spiro atoms. The van der Waals surface area contributed by atoms with Gasteiger partial charge in [-0.25, -0.2) is 0 Å². The molecule has 0 saturated carbocycles. The Labute approximate surface area is 237 Å². The summed E-state index contributed by atoms with van der Waals surface area (Å²) in [4.78, 5) is 37.3. The summed E-state index contributed by atoms with van der Waals surface area (Å²) in [6.45, 7) is 14.2. The summed E-state index contributed by atoms with van der Waals surface area (Å²) in [7, 11) is 0. The average Bonchev–Trinajstić information content (AvgIpc) is 2.85. The van der Waals surface area contributed by atoms with Gasteiger partial charge in [-0.15, -0.1) is 0 Å². The minimum absolute atomic E-state index is 0.00282. The summed E-state index contributed by atoms with van der Waals surface area (Å²) in [5.74, 6) is -2.91. The lowest BCUT2D eigenvalue weighted by Gasteiger charge is -2.44. The highest BCUT2D eigenvalue weighted by atomic mass is 16.7. The first-order valence-electron chi connectivity index (χ1n) is 15.0. The van der Waals surface area contributed by atoms with Gasteiger partial charge in [0, 0.05) is 23.9 Å². The number of carbonyl (C=O) groups is 3. The van der Waals surface area contributed by atoms with Crippen molar-refractivity contribution >= 4 is 17.8 Å². The molecular weight excluding hydrogens is 496 g/mol. The van der Waals surface area contributed by atoms with Crippen LogP contribution in [-0.4, -0.2) is 54.5 Å². The number of nitrogens with one attached hydrogen (secondary N) is 2. The quantitative estimate of drug-likeness (QED) is 0.134. The van der Waals surface area contributed by atoms with Crippen molar-refractivity contribution < 1.29 is 29.0 Å². The molecule has 1 fully saturated rings. The summed E-state index contributed by atoms with van der Waals surface area (Å²) in [5, 5.41) is 15.4. The van der Waals surface area contributed by atoms with Crippen LogP contribution in [0.4, 0.5) is 0 Å². The first kappa shape index (κ1) is 35.1. The highest BCUT2D eigenvalue weighted by Gasteiger charge is 2.45. The number of hydrogen-bond acceptors (Lipinski definition) is 5. The highest BCUT2D eigenvalue weighted by molar-refractivity contribution is 5.82. The zero-order valence-corrected chi connectivity index (χ0v) is 25.7. The maximum absolute atomic E-state index is 12.8. The number of aliphatic carboxylic acids is 1. The van der Waals surface area contributed by atoms with Crippen molar-refractivity contribution in [3.63, 3.8) is 0 Å². The van der Waals surface area contributed by atoms with Gasteiger partial charge in [0.1, 0.15) is 6.10 Å². The molecule has 39 heavy (non-hydrogen) atoms. The van der Waals surface area contributed by atoms with Gasteiger partial charge in [0.05, 0.1) is 12.5 Å². The van der Waals surface area contributed by atoms with Crippen molar-refractivity contribution in [2.75, 3.05) is 19.7 Å². The van der Waals surface area contributed by atoms with Gasteiger partial charge in [-0.2, -0.15) is 0 Å². The average molecular weight is 553 g/mol. The van der Waals surface area contributed by atoms with Crippen molar-refractivity contribution in [3.8, 4) is 0 Å². The van der Waals surface area contributed by atoms with E-state index in [0.29, 0.717) is 26.0 Å². The molecule has 0 aliphatic carbocycles. The monoisotopic (exact) mass is 552 g/mol. The Morgan fingerprint density at radius 1 is 0.974 bits per heavy atom. The molecule has 1 aliphatic heterocycles. The maximum Gasteiger partial charge on any atom is 0.308 e. The van der Waals surface area contributed by atoms with Crippen molar-refractivity contribution in [2.24, 2.45) is 16.7 Å². The van der Waals surface area contributed by atoms with Crippen LogP contribution in [0.15, 0.2) is 12.2 Å². The van der Waals surface area contributed by atoms with Crippen LogP contribution < -0.4 is 10.6 Å². The number of ether oxygens (including phenoxy) is 2. The molecule has 1 heterocycles. The van der Waals surface area contributed by atoms with E-state index in [1.807, 2.05) is 27.7 Å². The fourth-order valence-electron chi connectivity index (χ4n) is 4.59. The molecule has 2 amide bonds. The third-order valence-corrected chi connectivity index (χ3v) is 7.46. The maximum atomic E-state index is 12.8. The second-order valence-electron chi connectivity index (χ2n) is 12.8. The van der Waals surface area contributed by atoms with E-state index in [1.54, 1.807) is 13.8 Å². The minimum atomic E-state index is -0.967. The van der Waals surface area contributed by atoms with Crippen LogP contribution in [0.5, 0.6) is 0 Å². The molecule has 2 atom stereocenters. The number of amides is 2. The van der Waals surface area contributed by atoms with Gasteiger partial charge in [-0.05, 0) is 52.4 Å². The van der Waals surface area contributed by atoms with Crippen LogP contribution in [0.3, 0.4) is 0 Å². The first-order chi connectivity index (χ1) is 18.2. The second kappa shape index (κ2) is 17.0. The van der Waals surface area contributed by atoms with Crippen LogP contribution in [0.25, 0.3) is 0 Å². The van der Waals surface area contributed by atoms with Crippen molar-refractivity contribution in [3.05, 3.63) is 12.2 Å². The van der Waals surface area contributed by atoms with Gasteiger partial charge < -0.3 is 25.2 Å². The Hall–Kier alpha value is -1.93. The number of unbranched alkanes of at least 4 members (excludes halogenated alkanes) is 6. The SMILES string of the molecule is CCCCC=CCCCCCCC(C)(C)C(=O)NCCCC(CNC(=O)C1OC(C)(C)OCC1(C)C)C(=O)O. The van der Waals surface area contributed by atoms with Crippen molar-refractivity contribution in [1.29, 1.82) is 0 Å². The number of carboxylic acid groups (broad SMARTS) is 1. The highest BCUT2D eigenvalue weighted by Crippen LogP contribution is 2.35. The predicted molar refractivity (Wildman–Crippen MR) is 155 cm³/mol. The van der Waals surface area contributed by atoms with E-state index in [4.69, 9.17) is 9.47 Å². The number of rotatable bonds is 19. The molecule has 0 aromatic heterocycles. The molecule has 8 heteroatoms. The first-order valence-corrected chi connectivity index (χ1v) is 15.0. The fraction of sp³-hybridized carbons (Fsp3) is 0.839. The molecule has 2 unspecified atom stereocenters. The van der Waals surface area contributed by atoms with E-state index in [9.17, 15) is 19.5 Å². The number of hydrogen-bond donors (Lipinski definition) is 3. The molecule has 0 aromatic carbocycles. The van der Waals surface area contributed by atoms with Crippen LogP contribution in [0.1, 0.15) is 119 Å².